The summed E-state index contributed by atoms with van der Waals surface area (Å²) in [6.07, 6.45) is 4.95. The third-order valence-corrected chi connectivity index (χ3v) is 3.10. The molecule has 1 fully saturated rings. The first-order chi connectivity index (χ1) is 6.00. The van der Waals surface area contributed by atoms with Crippen molar-refractivity contribution in [1.82, 2.24) is 0 Å². The maximum absolute atomic E-state index is 5.82. The summed E-state index contributed by atoms with van der Waals surface area (Å²) in [5.74, 6) is 0.543. The molecule has 1 aliphatic carbocycles. The quantitative estimate of drug-likeness (QED) is 0.554. The number of ether oxygens (including phenoxy) is 1. The summed E-state index contributed by atoms with van der Waals surface area (Å²) >= 11 is 0. The number of fused-ring (bicyclic) bond motifs is 1. The van der Waals surface area contributed by atoms with Crippen molar-refractivity contribution >= 4 is 0 Å². The molecule has 13 heavy (non-hydrogen) atoms. The lowest BCUT2D eigenvalue weighted by molar-refractivity contribution is 0.0828. The first-order valence-corrected chi connectivity index (χ1v) is 5.03. The molecule has 1 aliphatic heterocycles. The molecule has 0 spiro atoms. The van der Waals surface area contributed by atoms with Crippen LogP contribution in [0.1, 0.15) is 27.7 Å². The molecule has 2 atom stereocenters. The van der Waals surface area contributed by atoms with Crippen LogP contribution in [0.4, 0.5) is 0 Å². The summed E-state index contributed by atoms with van der Waals surface area (Å²) < 4.78 is 5.82. The van der Waals surface area contributed by atoms with Gasteiger partial charge in [0.1, 0.15) is 0 Å². The second kappa shape index (κ2) is 2.71. The Morgan fingerprint density at radius 2 is 2.15 bits per heavy atom. The normalized spacial score (nSPS) is 36.6. The van der Waals surface area contributed by atoms with Gasteiger partial charge in [-0.15, -0.1) is 0 Å². The number of hydrogen-bond acceptors (Lipinski definition) is 1. The van der Waals surface area contributed by atoms with E-state index in [1.807, 2.05) is 0 Å². The maximum Gasteiger partial charge on any atom is 0.0854 e. The van der Waals surface area contributed by atoms with Crippen LogP contribution in [-0.2, 0) is 4.74 Å². The van der Waals surface area contributed by atoms with Gasteiger partial charge in [-0.3, -0.25) is 0 Å². The van der Waals surface area contributed by atoms with Gasteiger partial charge in [-0.1, -0.05) is 38.5 Å². The SMILES string of the molecule is CC1=CC(C)C2OCC(C)(C)C2=C1. The van der Waals surface area contributed by atoms with Crippen LogP contribution < -0.4 is 0 Å². The van der Waals surface area contributed by atoms with E-state index in [2.05, 4.69) is 39.8 Å². The van der Waals surface area contributed by atoms with Gasteiger partial charge in [0, 0.05) is 11.3 Å². The van der Waals surface area contributed by atoms with Gasteiger partial charge in [0.15, 0.2) is 0 Å². The summed E-state index contributed by atoms with van der Waals surface area (Å²) in [5.41, 5.74) is 3.12. The van der Waals surface area contributed by atoms with Gasteiger partial charge in [-0.25, -0.2) is 0 Å². The third-order valence-electron chi connectivity index (χ3n) is 3.10. The van der Waals surface area contributed by atoms with E-state index >= 15 is 0 Å². The molecule has 0 aromatic carbocycles. The van der Waals surface area contributed by atoms with Gasteiger partial charge < -0.3 is 4.74 Å². The zero-order chi connectivity index (χ0) is 9.64. The summed E-state index contributed by atoms with van der Waals surface area (Å²) in [4.78, 5) is 0. The molecule has 2 unspecified atom stereocenters. The molecule has 0 amide bonds. The maximum atomic E-state index is 5.82. The van der Waals surface area contributed by atoms with Crippen LogP contribution in [0.5, 0.6) is 0 Å². The molecule has 0 saturated carbocycles. The minimum atomic E-state index is 0.244. The molecule has 1 heteroatoms. The highest BCUT2D eigenvalue weighted by atomic mass is 16.5. The van der Waals surface area contributed by atoms with E-state index in [0.717, 1.165) is 6.61 Å². The Morgan fingerprint density at radius 1 is 1.46 bits per heavy atom. The van der Waals surface area contributed by atoms with Crippen molar-refractivity contribution in [3.8, 4) is 0 Å². The lowest BCUT2D eigenvalue weighted by Crippen LogP contribution is -2.23. The average Bonchev–Trinajstić information content (AvgIpc) is 2.28. The van der Waals surface area contributed by atoms with Crippen LogP contribution in [0.15, 0.2) is 23.3 Å². The largest absolute Gasteiger partial charge is 0.372 e. The zero-order valence-electron chi connectivity index (χ0n) is 8.92. The van der Waals surface area contributed by atoms with Crippen LogP contribution in [0.25, 0.3) is 0 Å². The van der Waals surface area contributed by atoms with E-state index in [1.54, 1.807) is 0 Å². The lowest BCUT2D eigenvalue weighted by Gasteiger charge is -2.26. The monoisotopic (exact) mass is 178 g/mol. The highest BCUT2D eigenvalue weighted by Crippen LogP contribution is 2.43. The highest BCUT2D eigenvalue weighted by Gasteiger charge is 2.40. The Morgan fingerprint density at radius 3 is 2.85 bits per heavy atom. The minimum absolute atomic E-state index is 0.244. The first kappa shape index (κ1) is 9.01. The molecule has 1 nitrogen and oxygen atoms in total. The predicted octanol–water partition coefficient (Wildman–Crippen LogP) is 2.93. The molecule has 0 bridgehead atoms. The van der Waals surface area contributed by atoms with Gasteiger partial charge in [0.25, 0.3) is 0 Å². The van der Waals surface area contributed by atoms with E-state index in [0.29, 0.717) is 12.0 Å². The molecular weight excluding hydrogens is 160 g/mol. The second-order valence-corrected chi connectivity index (χ2v) is 4.98. The van der Waals surface area contributed by atoms with Crippen LogP contribution in [0.2, 0.25) is 0 Å². The Labute approximate surface area is 80.5 Å². The highest BCUT2D eigenvalue weighted by molar-refractivity contribution is 5.36. The van der Waals surface area contributed by atoms with Crippen molar-refractivity contribution in [3.63, 3.8) is 0 Å². The smallest absolute Gasteiger partial charge is 0.0854 e. The molecule has 0 aromatic rings. The summed E-state index contributed by atoms with van der Waals surface area (Å²) in [6.45, 7) is 9.82. The molecule has 2 rings (SSSR count). The van der Waals surface area contributed by atoms with E-state index < -0.39 is 0 Å². The summed E-state index contributed by atoms with van der Waals surface area (Å²) in [7, 11) is 0. The van der Waals surface area contributed by atoms with Crippen LogP contribution >= 0.6 is 0 Å². The minimum Gasteiger partial charge on any atom is -0.372 e. The van der Waals surface area contributed by atoms with Crippen molar-refractivity contribution in [3.05, 3.63) is 23.3 Å². The van der Waals surface area contributed by atoms with Crippen molar-refractivity contribution in [2.45, 2.75) is 33.8 Å². The number of allylic oxidation sites excluding steroid dienone is 2. The van der Waals surface area contributed by atoms with Crippen LogP contribution in [0.3, 0.4) is 0 Å². The molecule has 0 aromatic heterocycles. The van der Waals surface area contributed by atoms with Gasteiger partial charge in [0.2, 0.25) is 0 Å². The van der Waals surface area contributed by atoms with Crippen LogP contribution in [0, 0.1) is 11.3 Å². The summed E-state index contributed by atoms with van der Waals surface area (Å²) in [6, 6.07) is 0. The van der Waals surface area contributed by atoms with Crippen LogP contribution in [-0.4, -0.2) is 12.7 Å². The molecule has 2 aliphatic rings. The number of hydrogen-bond donors (Lipinski definition) is 0. The topological polar surface area (TPSA) is 9.23 Å². The van der Waals surface area contributed by atoms with Gasteiger partial charge in [-0.2, -0.15) is 0 Å². The fourth-order valence-electron chi connectivity index (χ4n) is 2.36. The van der Waals surface area contributed by atoms with Gasteiger partial charge in [0.05, 0.1) is 12.7 Å². The second-order valence-electron chi connectivity index (χ2n) is 4.98. The Hall–Kier alpha value is -0.560. The van der Waals surface area contributed by atoms with Crippen molar-refractivity contribution in [1.29, 1.82) is 0 Å². The van der Waals surface area contributed by atoms with E-state index in [9.17, 15) is 0 Å². The Kier molecular flexibility index (Phi) is 1.88. The average molecular weight is 178 g/mol. The van der Waals surface area contributed by atoms with Gasteiger partial charge in [-0.05, 0) is 12.5 Å². The standard InChI is InChI=1S/C12H18O/c1-8-5-9(2)11-10(6-8)12(3,4)7-13-11/h5-6,9,11H,7H2,1-4H3. The fourth-order valence-corrected chi connectivity index (χ4v) is 2.36. The lowest BCUT2D eigenvalue weighted by atomic mass is 9.77. The Balaban J connectivity index is 2.39. The van der Waals surface area contributed by atoms with Crippen molar-refractivity contribution in [2.24, 2.45) is 11.3 Å². The third kappa shape index (κ3) is 1.35. The van der Waals surface area contributed by atoms with Crippen molar-refractivity contribution in [2.75, 3.05) is 6.61 Å². The fraction of sp³-hybridized carbons (Fsp3) is 0.667. The molecule has 1 saturated heterocycles. The zero-order valence-corrected chi connectivity index (χ0v) is 8.92. The molecule has 0 N–H and O–H groups in total. The molecular formula is C12H18O. The van der Waals surface area contributed by atoms with Crippen molar-refractivity contribution < 1.29 is 4.74 Å². The van der Waals surface area contributed by atoms with E-state index in [-0.39, 0.29) is 5.41 Å². The molecule has 0 radical (unpaired) electrons. The van der Waals surface area contributed by atoms with E-state index in [1.165, 1.54) is 11.1 Å². The molecule has 72 valence electrons. The van der Waals surface area contributed by atoms with E-state index in [4.69, 9.17) is 4.74 Å². The van der Waals surface area contributed by atoms with Gasteiger partial charge >= 0.3 is 0 Å². The summed E-state index contributed by atoms with van der Waals surface area (Å²) in [5, 5.41) is 0. The first-order valence-electron chi connectivity index (χ1n) is 5.03. The Bertz CT molecular complexity index is 283. The predicted molar refractivity (Wildman–Crippen MR) is 54.5 cm³/mol. The molecule has 1 heterocycles. The number of rotatable bonds is 0.